The molecule has 3 heterocycles. The number of aryl methyl sites for hydroxylation is 2. The van der Waals surface area contributed by atoms with E-state index in [4.69, 9.17) is 16.7 Å². The molecule has 0 spiro atoms. The maximum Gasteiger partial charge on any atom is 0.251 e. The molecule has 6 rings (SSSR count). The van der Waals surface area contributed by atoms with Gasteiger partial charge in [0.05, 0.1) is 16.7 Å². The lowest BCUT2D eigenvalue weighted by molar-refractivity contribution is 0.0955. The maximum atomic E-state index is 13.1. The smallest absolute Gasteiger partial charge is 0.251 e. The maximum absolute atomic E-state index is 13.1. The molecular weight excluding hydrogens is 616 g/mol. The van der Waals surface area contributed by atoms with Gasteiger partial charge in [0.2, 0.25) is 0 Å². The topological polar surface area (TPSA) is 82.5 Å². The number of nitrogens with zero attached hydrogens (tertiary/aromatic N) is 4. The summed E-state index contributed by atoms with van der Waals surface area (Å²) in [5.74, 6) is -0.130. The molecule has 1 atom stereocenters. The van der Waals surface area contributed by atoms with Crippen molar-refractivity contribution in [2.75, 3.05) is 50.8 Å². The van der Waals surface area contributed by atoms with E-state index in [2.05, 4.69) is 45.3 Å². The van der Waals surface area contributed by atoms with Gasteiger partial charge in [-0.05, 0) is 87.8 Å². The Bertz CT molecular complexity index is 1700. The first-order chi connectivity index (χ1) is 22.4. The quantitative estimate of drug-likeness (QED) is 0.178. The second-order valence-corrected chi connectivity index (χ2v) is 14.0. The number of halogens is 1. The highest BCUT2D eigenvalue weighted by Gasteiger charge is 2.27. The van der Waals surface area contributed by atoms with E-state index in [1.54, 1.807) is 6.26 Å². The van der Waals surface area contributed by atoms with Gasteiger partial charge in [-0.1, -0.05) is 47.5 Å². The third-order valence-electron chi connectivity index (χ3n) is 8.97. The molecule has 242 valence electrons. The Balaban J connectivity index is 1.20. The van der Waals surface area contributed by atoms with E-state index in [1.807, 2.05) is 52.8 Å². The molecule has 10 heteroatoms. The van der Waals surface area contributed by atoms with Crippen LogP contribution in [0, 0.1) is 6.92 Å². The number of fused-ring (bicyclic) bond motifs is 1. The number of aromatic nitrogens is 2. The molecule has 1 amide bonds. The molecule has 2 N–H and O–H groups in total. The largest absolute Gasteiger partial charge is 0.383 e. The average Bonchev–Trinajstić information content (AvgIpc) is 3.72. The molecule has 1 unspecified atom stereocenters. The van der Waals surface area contributed by atoms with Crippen LogP contribution >= 0.6 is 11.6 Å². The molecule has 0 saturated carbocycles. The summed E-state index contributed by atoms with van der Waals surface area (Å²) in [5, 5.41) is 12.1. The summed E-state index contributed by atoms with van der Waals surface area (Å²) in [4.78, 5) is 15.6. The predicted octanol–water partition coefficient (Wildman–Crippen LogP) is 6.16. The Morgan fingerprint density at radius 3 is 2.54 bits per heavy atom. The molecule has 0 bridgehead atoms. The third kappa shape index (κ3) is 7.72. The Hall–Kier alpha value is -3.50. The molecule has 1 saturated heterocycles. The number of likely N-dealkylation sites (tertiary alicyclic amines) is 1. The summed E-state index contributed by atoms with van der Waals surface area (Å²) in [7, 11) is -1.05. The Morgan fingerprint density at radius 2 is 1.76 bits per heavy atom. The minimum Gasteiger partial charge on any atom is -0.383 e. The molecule has 3 aromatic carbocycles. The van der Waals surface area contributed by atoms with E-state index in [0.29, 0.717) is 30.2 Å². The molecule has 0 radical (unpaired) electrons. The van der Waals surface area contributed by atoms with Crippen LogP contribution in [0.25, 0.3) is 22.4 Å². The van der Waals surface area contributed by atoms with Crippen LogP contribution in [0.4, 0.5) is 5.69 Å². The second kappa shape index (κ2) is 14.9. The van der Waals surface area contributed by atoms with Crippen LogP contribution in [0.3, 0.4) is 0 Å². The first-order valence-corrected chi connectivity index (χ1v) is 18.1. The Labute approximate surface area is 279 Å². The number of carbonyl (C=O) groups is 1. The predicted molar refractivity (Wildman–Crippen MR) is 189 cm³/mol. The number of hydrogen-bond acceptors (Lipinski definition) is 5. The van der Waals surface area contributed by atoms with E-state index in [0.717, 1.165) is 66.1 Å². The molecule has 0 aliphatic carbocycles. The van der Waals surface area contributed by atoms with Gasteiger partial charge in [0, 0.05) is 84.1 Å². The molecule has 1 fully saturated rings. The fourth-order valence-electron chi connectivity index (χ4n) is 6.43. The highest BCUT2D eigenvalue weighted by molar-refractivity contribution is 7.81. The fourth-order valence-corrected chi connectivity index (χ4v) is 7.32. The van der Waals surface area contributed by atoms with E-state index in [9.17, 15) is 9.00 Å². The average molecular weight is 659 g/mol. The summed E-state index contributed by atoms with van der Waals surface area (Å²) < 4.78 is 16.7. The van der Waals surface area contributed by atoms with Crippen LogP contribution in [-0.2, 0) is 30.5 Å². The summed E-state index contributed by atoms with van der Waals surface area (Å²) >= 11 is 6.78. The lowest BCUT2D eigenvalue weighted by Gasteiger charge is -2.25. The van der Waals surface area contributed by atoms with Crippen molar-refractivity contribution in [2.45, 2.75) is 45.7 Å². The normalized spacial score (nSPS) is 15.9. The molecule has 46 heavy (non-hydrogen) atoms. The minimum absolute atomic E-state index is 0.130. The monoisotopic (exact) mass is 658 g/mol. The van der Waals surface area contributed by atoms with Gasteiger partial charge in [-0.3, -0.25) is 9.48 Å². The van der Waals surface area contributed by atoms with Crippen molar-refractivity contribution in [3.63, 3.8) is 0 Å². The zero-order valence-corrected chi connectivity index (χ0v) is 28.3. The van der Waals surface area contributed by atoms with Crippen LogP contribution in [0.15, 0.2) is 66.7 Å². The number of anilines is 1. The minimum atomic E-state index is -1.05. The van der Waals surface area contributed by atoms with Gasteiger partial charge in [0.25, 0.3) is 5.91 Å². The van der Waals surface area contributed by atoms with Crippen molar-refractivity contribution in [1.29, 1.82) is 0 Å². The van der Waals surface area contributed by atoms with E-state index < -0.39 is 11.0 Å². The van der Waals surface area contributed by atoms with Crippen molar-refractivity contribution in [2.24, 2.45) is 0 Å². The second-order valence-electron chi connectivity index (χ2n) is 12.3. The van der Waals surface area contributed by atoms with Crippen molar-refractivity contribution in [3.05, 3.63) is 94.1 Å². The van der Waals surface area contributed by atoms with Crippen LogP contribution in [0.5, 0.6) is 0 Å². The highest BCUT2D eigenvalue weighted by atomic mass is 35.5. The van der Waals surface area contributed by atoms with Gasteiger partial charge < -0.3 is 15.5 Å². The number of benzene rings is 3. The number of rotatable bonds is 12. The lowest BCUT2D eigenvalue weighted by Crippen LogP contribution is -2.32. The lowest BCUT2D eigenvalue weighted by atomic mass is 9.97. The standard InChI is InChI=1S/C36H43ClN6O2S/c1-26-9-12-30(13-10-26)38-16-17-39-36(44)29-8-5-7-27(23-29)31-24-28(11-14-33(31)37)35-32-25-42(46(2)45)22-15-34(32)43(40-35)21-6-20-41-18-3-4-19-41/h5,7-14,23-24,38H,3-4,6,15-22,25H2,1-2H3,(H,39,44). The van der Waals surface area contributed by atoms with E-state index >= 15 is 0 Å². The molecule has 4 aromatic rings. The number of hydrogen-bond donors (Lipinski definition) is 2. The molecule has 2 aliphatic rings. The van der Waals surface area contributed by atoms with E-state index in [-0.39, 0.29) is 5.91 Å². The fraction of sp³-hybridized carbons (Fsp3) is 0.389. The van der Waals surface area contributed by atoms with Crippen molar-refractivity contribution in [3.8, 4) is 22.4 Å². The highest BCUT2D eigenvalue weighted by Crippen LogP contribution is 2.36. The Kier molecular flexibility index (Phi) is 10.5. The first kappa shape index (κ1) is 32.4. The van der Waals surface area contributed by atoms with Crippen LogP contribution < -0.4 is 10.6 Å². The van der Waals surface area contributed by atoms with Crippen molar-refractivity contribution in [1.82, 2.24) is 24.3 Å². The third-order valence-corrected chi connectivity index (χ3v) is 10.3. The molecule has 1 aromatic heterocycles. The number of carbonyl (C=O) groups excluding carboxylic acids is 1. The zero-order chi connectivity index (χ0) is 32.0. The van der Waals surface area contributed by atoms with E-state index in [1.165, 1.54) is 37.2 Å². The van der Waals surface area contributed by atoms with Gasteiger partial charge in [-0.2, -0.15) is 5.10 Å². The van der Waals surface area contributed by atoms with Gasteiger partial charge in [-0.25, -0.2) is 8.51 Å². The van der Waals surface area contributed by atoms with Crippen molar-refractivity contribution < 1.29 is 9.00 Å². The zero-order valence-electron chi connectivity index (χ0n) is 26.7. The summed E-state index contributed by atoms with van der Waals surface area (Å²) in [5.41, 5.74) is 8.80. The van der Waals surface area contributed by atoms with Crippen molar-refractivity contribution >= 4 is 34.2 Å². The van der Waals surface area contributed by atoms with Crippen LogP contribution in [0.2, 0.25) is 5.02 Å². The van der Waals surface area contributed by atoms with Crippen LogP contribution in [0.1, 0.15) is 46.4 Å². The number of nitrogens with one attached hydrogen (secondary N) is 2. The first-order valence-electron chi connectivity index (χ1n) is 16.2. The SMILES string of the molecule is Cc1ccc(NCCNC(=O)c2cccc(-c3cc(-c4nn(CCCN5CCCC5)c5c4CN(S(C)=O)CC5)ccc3Cl)c2)cc1. The van der Waals surface area contributed by atoms with Gasteiger partial charge in [0.1, 0.15) is 0 Å². The van der Waals surface area contributed by atoms with Gasteiger partial charge in [-0.15, -0.1) is 0 Å². The van der Waals surface area contributed by atoms with Gasteiger partial charge in [0.15, 0.2) is 0 Å². The van der Waals surface area contributed by atoms with Gasteiger partial charge >= 0.3 is 0 Å². The summed E-state index contributed by atoms with van der Waals surface area (Å²) in [6.07, 6.45) is 6.21. The molecular formula is C36H43ClN6O2S. The summed E-state index contributed by atoms with van der Waals surface area (Å²) in [6, 6.07) is 21.8. The molecule has 2 aliphatic heterocycles. The Morgan fingerprint density at radius 1 is 0.957 bits per heavy atom. The number of amides is 1. The summed E-state index contributed by atoms with van der Waals surface area (Å²) in [6.45, 7) is 8.90. The van der Waals surface area contributed by atoms with Crippen LogP contribution in [-0.4, -0.2) is 74.6 Å². The molecule has 8 nitrogen and oxygen atoms in total.